The fraction of sp³-hybridized carbons (Fsp3) is 0.154. The van der Waals surface area contributed by atoms with E-state index >= 15 is 0 Å². The van der Waals surface area contributed by atoms with Gasteiger partial charge in [-0.3, -0.25) is 9.78 Å². The molecule has 0 aliphatic rings. The highest BCUT2D eigenvalue weighted by Crippen LogP contribution is 2.23. The summed E-state index contributed by atoms with van der Waals surface area (Å²) in [6, 6.07) is 9.98. The maximum atomic E-state index is 11.8. The van der Waals surface area contributed by atoms with E-state index in [1.807, 2.05) is 30.3 Å². The highest BCUT2D eigenvalue weighted by atomic mass is 32.2. The van der Waals surface area contributed by atoms with E-state index in [4.69, 9.17) is 0 Å². The third-order valence-corrected chi connectivity index (χ3v) is 3.44. The van der Waals surface area contributed by atoms with Crippen LogP contribution in [0.1, 0.15) is 5.56 Å². The van der Waals surface area contributed by atoms with E-state index in [9.17, 15) is 4.79 Å². The minimum Gasteiger partial charge on any atom is -0.381 e. The molecule has 98 valence electrons. The summed E-state index contributed by atoms with van der Waals surface area (Å²) < 4.78 is 0. The summed E-state index contributed by atoms with van der Waals surface area (Å²) in [5.74, 6) is 1.06. The minimum atomic E-state index is -0.240. The molecule has 2 rings (SSSR count). The van der Waals surface area contributed by atoms with Crippen LogP contribution in [0.25, 0.3) is 0 Å². The Morgan fingerprint density at radius 1 is 1.42 bits per heavy atom. The molecule has 0 radical (unpaired) electrons. The third kappa shape index (κ3) is 3.23. The second kappa shape index (κ2) is 6.19. The SMILES string of the molecule is C=Nc1nc(SCc2ccccc2)[nH]c(=O)c1NC. The molecule has 0 unspecified atom stereocenters. The summed E-state index contributed by atoms with van der Waals surface area (Å²) in [5, 5.41) is 3.30. The van der Waals surface area contributed by atoms with Gasteiger partial charge in [0, 0.05) is 12.8 Å². The van der Waals surface area contributed by atoms with Crippen molar-refractivity contribution >= 4 is 30.0 Å². The van der Waals surface area contributed by atoms with Crippen LogP contribution in [0.2, 0.25) is 0 Å². The number of nitrogens with one attached hydrogen (secondary N) is 2. The van der Waals surface area contributed by atoms with E-state index in [-0.39, 0.29) is 5.56 Å². The molecule has 1 aromatic carbocycles. The molecule has 0 bridgehead atoms. The zero-order valence-electron chi connectivity index (χ0n) is 10.5. The number of hydrogen-bond donors (Lipinski definition) is 2. The van der Waals surface area contributed by atoms with Gasteiger partial charge >= 0.3 is 0 Å². The number of hydrogen-bond acceptors (Lipinski definition) is 5. The van der Waals surface area contributed by atoms with Crippen LogP contribution in [-0.4, -0.2) is 23.7 Å². The zero-order valence-corrected chi connectivity index (χ0v) is 11.3. The van der Waals surface area contributed by atoms with Crippen LogP contribution in [0.4, 0.5) is 11.5 Å². The topological polar surface area (TPSA) is 70.1 Å². The van der Waals surface area contributed by atoms with Gasteiger partial charge in [0.15, 0.2) is 11.0 Å². The molecule has 0 aliphatic heterocycles. The van der Waals surface area contributed by atoms with Crippen LogP contribution < -0.4 is 10.9 Å². The number of benzene rings is 1. The predicted octanol–water partition coefficient (Wildman–Crippen LogP) is 2.44. The first-order valence-corrected chi connectivity index (χ1v) is 6.68. The first-order valence-electron chi connectivity index (χ1n) is 5.70. The van der Waals surface area contributed by atoms with Gasteiger partial charge in [0.25, 0.3) is 5.56 Å². The first kappa shape index (κ1) is 13.4. The number of anilines is 1. The summed E-state index contributed by atoms with van der Waals surface area (Å²) in [6.07, 6.45) is 0. The lowest BCUT2D eigenvalue weighted by Crippen LogP contribution is -2.14. The summed E-state index contributed by atoms with van der Waals surface area (Å²) in [6.45, 7) is 3.43. The molecular weight excluding hydrogens is 260 g/mol. The predicted molar refractivity (Wildman–Crippen MR) is 79.6 cm³/mol. The van der Waals surface area contributed by atoms with Crippen LogP contribution in [-0.2, 0) is 5.75 Å². The molecule has 0 amide bonds. The van der Waals surface area contributed by atoms with Crippen LogP contribution in [0, 0.1) is 0 Å². The lowest BCUT2D eigenvalue weighted by Gasteiger charge is -2.05. The van der Waals surface area contributed by atoms with Crippen molar-refractivity contribution in [2.45, 2.75) is 10.9 Å². The molecule has 0 spiro atoms. The molecule has 19 heavy (non-hydrogen) atoms. The Balaban J connectivity index is 2.20. The van der Waals surface area contributed by atoms with E-state index < -0.39 is 0 Å². The average Bonchev–Trinajstić information content (AvgIpc) is 2.45. The Bertz CT molecular complexity index is 624. The van der Waals surface area contributed by atoms with Crippen LogP contribution in [0.5, 0.6) is 0 Å². The molecule has 6 heteroatoms. The average molecular weight is 274 g/mol. The van der Waals surface area contributed by atoms with Crippen molar-refractivity contribution in [3.8, 4) is 0 Å². The molecule has 5 nitrogen and oxygen atoms in total. The Morgan fingerprint density at radius 2 is 2.16 bits per heavy atom. The lowest BCUT2D eigenvalue weighted by molar-refractivity contribution is 0.937. The van der Waals surface area contributed by atoms with Gasteiger partial charge in [-0.1, -0.05) is 42.1 Å². The van der Waals surface area contributed by atoms with Gasteiger partial charge in [-0.25, -0.2) is 9.98 Å². The first-order chi connectivity index (χ1) is 9.24. The van der Waals surface area contributed by atoms with E-state index in [1.54, 1.807) is 7.05 Å². The molecule has 1 heterocycles. The highest BCUT2D eigenvalue weighted by molar-refractivity contribution is 7.98. The Kier molecular flexibility index (Phi) is 4.35. The quantitative estimate of drug-likeness (QED) is 0.499. The molecule has 0 fully saturated rings. The largest absolute Gasteiger partial charge is 0.381 e. The van der Waals surface area contributed by atoms with Gasteiger partial charge in [-0.2, -0.15) is 0 Å². The van der Waals surface area contributed by atoms with Gasteiger partial charge in [0.2, 0.25) is 0 Å². The number of aromatic nitrogens is 2. The van der Waals surface area contributed by atoms with Crippen molar-refractivity contribution < 1.29 is 0 Å². The Labute approximate surface area is 115 Å². The maximum Gasteiger partial charge on any atom is 0.277 e. The molecule has 1 aromatic heterocycles. The third-order valence-electron chi connectivity index (χ3n) is 2.50. The molecule has 2 N–H and O–H groups in total. The van der Waals surface area contributed by atoms with Crippen molar-refractivity contribution in [3.63, 3.8) is 0 Å². The summed E-state index contributed by atoms with van der Waals surface area (Å²) >= 11 is 1.45. The molecule has 0 saturated heterocycles. The van der Waals surface area contributed by atoms with E-state index in [2.05, 4.69) is 27.0 Å². The Morgan fingerprint density at radius 3 is 2.79 bits per heavy atom. The van der Waals surface area contributed by atoms with E-state index in [1.165, 1.54) is 17.3 Å². The van der Waals surface area contributed by atoms with Gasteiger partial charge in [0.1, 0.15) is 5.69 Å². The van der Waals surface area contributed by atoms with E-state index in [0.717, 1.165) is 5.75 Å². The number of nitrogens with zero attached hydrogens (tertiary/aromatic N) is 2. The number of aliphatic imine (C=N–C) groups is 1. The van der Waals surface area contributed by atoms with Crippen molar-refractivity contribution in [3.05, 3.63) is 46.2 Å². The van der Waals surface area contributed by atoms with Gasteiger partial charge in [-0.05, 0) is 12.3 Å². The highest BCUT2D eigenvalue weighted by Gasteiger charge is 2.09. The van der Waals surface area contributed by atoms with E-state index in [0.29, 0.717) is 16.7 Å². The van der Waals surface area contributed by atoms with Gasteiger partial charge in [0.05, 0.1) is 0 Å². The number of rotatable bonds is 5. The van der Waals surface area contributed by atoms with Crippen molar-refractivity contribution in [2.75, 3.05) is 12.4 Å². The lowest BCUT2D eigenvalue weighted by atomic mass is 10.2. The summed E-state index contributed by atoms with van der Waals surface area (Å²) in [7, 11) is 1.65. The van der Waals surface area contributed by atoms with Crippen LogP contribution in [0.3, 0.4) is 0 Å². The monoisotopic (exact) mass is 274 g/mol. The number of thioether (sulfide) groups is 1. The van der Waals surface area contributed by atoms with Crippen molar-refractivity contribution in [1.82, 2.24) is 9.97 Å². The molecule has 0 aliphatic carbocycles. The molecule has 2 aromatic rings. The number of aromatic amines is 1. The summed E-state index contributed by atoms with van der Waals surface area (Å²) in [4.78, 5) is 22.5. The fourth-order valence-electron chi connectivity index (χ4n) is 1.58. The molecule has 0 saturated carbocycles. The van der Waals surface area contributed by atoms with Crippen molar-refractivity contribution in [1.29, 1.82) is 0 Å². The van der Waals surface area contributed by atoms with Crippen LogP contribution >= 0.6 is 11.8 Å². The standard InChI is InChI=1S/C13H14N4OS/c1-14-10-11(15-2)16-13(17-12(10)18)19-8-9-6-4-3-5-7-9/h3-7,14H,2,8H2,1H3,(H,16,17,18). The second-order valence-electron chi connectivity index (χ2n) is 3.75. The van der Waals surface area contributed by atoms with Crippen molar-refractivity contribution in [2.24, 2.45) is 4.99 Å². The van der Waals surface area contributed by atoms with Gasteiger partial charge in [-0.15, -0.1) is 0 Å². The minimum absolute atomic E-state index is 0.240. The van der Waals surface area contributed by atoms with Crippen LogP contribution in [0.15, 0.2) is 45.3 Å². The normalized spacial score (nSPS) is 10.2. The second-order valence-corrected chi connectivity index (χ2v) is 4.72. The fourth-order valence-corrected chi connectivity index (χ4v) is 2.39. The number of H-pyrrole nitrogens is 1. The zero-order chi connectivity index (χ0) is 13.7. The van der Waals surface area contributed by atoms with Gasteiger partial charge < -0.3 is 5.32 Å². The molecule has 0 atom stereocenters. The smallest absolute Gasteiger partial charge is 0.277 e. The summed E-state index contributed by atoms with van der Waals surface area (Å²) in [5.41, 5.74) is 1.26. The Hall–Kier alpha value is -2.08. The molecular formula is C13H14N4OS. The maximum absolute atomic E-state index is 11.8.